The lowest BCUT2D eigenvalue weighted by molar-refractivity contribution is -0.142. The van der Waals surface area contributed by atoms with Crippen LogP contribution in [0.1, 0.15) is 81.1 Å². The molecule has 1 fully saturated rings. The SMILES string of the molecule is CC(C)CCNC(=O)[C@H](CC(F)F)NC(=O)[C@@H]1CCCN1C(=O)[C@@H](NC(=O)N[C@H](CN(C)S(C)(=O)=O)C(C)(C)C)C(C)(C)C. The molecule has 1 aliphatic heterocycles. The van der Waals surface area contributed by atoms with Crippen molar-refractivity contribution in [2.75, 3.05) is 32.9 Å². The lowest BCUT2D eigenvalue weighted by Gasteiger charge is -2.37. The number of hydrogen-bond acceptors (Lipinski definition) is 6. The number of rotatable bonds is 14. The number of urea groups is 1. The van der Waals surface area contributed by atoms with Crippen molar-refractivity contribution in [1.29, 1.82) is 0 Å². The summed E-state index contributed by atoms with van der Waals surface area (Å²) in [6.45, 7) is 15.2. The quantitative estimate of drug-likeness (QED) is 0.226. The van der Waals surface area contributed by atoms with Crippen LogP contribution in [0.3, 0.4) is 0 Å². The third-order valence-corrected chi connectivity index (χ3v) is 8.93. The Morgan fingerprint density at radius 2 is 1.57 bits per heavy atom. The lowest BCUT2D eigenvalue weighted by atomic mass is 9.85. The zero-order valence-electron chi connectivity index (χ0n) is 27.9. The van der Waals surface area contributed by atoms with Gasteiger partial charge in [0.05, 0.1) is 6.26 Å². The minimum absolute atomic E-state index is 0.00306. The number of halogens is 2. The van der Waals surface area contributed by atoms with Gasteiger partial charge < -0.3 is 26.2 Å². The van der Waals surface area contributed by atoms with Crippen LogP contribution in [0, 0.1) is 16.7 Å². The number of nitrogens with one attached hydrogen (secondary N) is 4. The van der Waals surface area contributed by atoms with Gasteiger partial charge in [0.1, 0.15) is 18.1 Å². The highest BCUT2D eigenvalue weighted by Crippen LogP contribution is 2.27. The molecule has 0 saturated carbocycles. The molecule has 4 N–H and O–H groups in total. The van der Waals surface area contributed by atoms with Gasteiger partial charge in [0.2, 0.25) is 34.2 Å². The molecule has 0 spiro atoms. The predicted octanol–water partition coefficient (Wildman–Crippen LogP) is 2.30. The normalized spacial score (nSPS) is 18.2. The second-order valence-electron chi connectivity index (χ2n) is 14.2. The number of sulfonamides is 1. The van der Waals surface area contributed by atoms with E-state index in [9.17, 15) is 36.4 Å². The summed E-state index contributed by atoms with van der Waals surface area (Å²) in [4.78, 5) is 54.3. The largest absolute Gasteiger partial charge is 0.354 e. The van der Waals surface area contributed by atoms with E-state index in [2.05, 4.69) is 21.3 Å². The number of carbonyl (C=O) groups excluding carboxylic acids is 4. The second kappa shape index (κ2) is 16.1. The number of likely N-dealkylation sites (N-methyl/N-ethyl adjacent to an activating group) is 1. The molecule has 0 radical (unpaired) electrons. The Morgan fingerprint density at radius 1 is 0.977 bits per heavy atom. The van der Waals surface area contributed by atoms with Crippen molar-refractivity contribution < 1.29 is 36.4 Å². The van der Waals surface area contributed by atoms with E-state index in [0.717, 1.165) is 10.6 Å². The summed E-state index contributed by atoms with van der Waals surface area (Å²) >= 11 is 0. The maximum absolute atomic E-state index is 13.9. The number of nitrogens with zero attached hydrogens (tertiary/aromatic N) is 2. The fourth-order valence-corrected chi connectivity index (χ4v) is 5.08. The number of carbonyl (C=O) groups is 4. The van der Waals surface area contributed by atoms with Crippen LogP contribution in [0.2, 0.25) is 0 Å². The van der Waals surface area contributed by atoms with E-state index in [-0.39, 0.29) is 32.0 Å². The van der Waals surface area contributed by atoms with Crippen molar-refractivity contribution in [3.05, 3.63) is 0 Å². The van der Waals surface area contributed by atoms with Crippen LogP contribution in [0.5, 0.6) is 0 Å². The first-order chi connectivity index (χ1) is 19.9. The molecule has 44 heavy (non-hydrogen) atoms. The molecule has 0 bridgehead atoms. The first-order valence-electron chi connectivity index (χ1n) is 15.1. The van der Waals surface area contributed by atoms with Gasteiger partial charge >= 0.3 is 6.03 Å². The van der Waals surface area contributed by atoms with Gasteiger partial charge in [-0.25, -0.2) is 26.3 Å². The van der Waals surface area contributed by atoms with Crippen LogP contribution in [0.4, 0.5) is 13.6 Å². The highest BCUT2D eigenvalue weighted by molar-refractivity contribution is 7.88. The van der Waals surface area contributed by atoms with Crippen LogP contribution < -0.4 is 21.3 Å². The molecule has 15 heteroatoms. The fraction of sp³-hybridized carbons (Fsp3) is 0.862. The summed E-state index contributed by atoms with van der Waals surface area (Å²) in [6, 6.07) is -4.85. The van der Waals surface area contributed by atoms with Gasteiger partial charge in [0.25, 0.3) is 0 Å². The van der Waals surface area contributed by atoms with Gasteiger partial charge in [-0.05, 0) is 36.0 Å². The Balaban J connectivity index is 3.11. The maximum atomic E-state index is 13.9. The van der Waals surface area contributed by atoms with Crippen LogP contribution in [0.15, 0.2) is 0 Å². The first-order valence-corrected chi connectivity index (χ1v) is 16.9. The minimum atomic E-state index is -3.51. The smallest absolute Gasteiger partial charge is 0.315 e. The topological polar surface area (TPSA) is 157 Å². The van der Waals surface area contributed by atoms with Crippen LogP contribution in [-0.2, 0) is 24.4 Å². The monoisotopic (exact) mass is 652 g/mol. The molecule has 1 aliphatic rings. The van der Waals surface area contributed by atoms with Crippen molar-refractivity contribution in [2.24, 2.45) is 16.7 Å². The molecule has 5 amide bonds. The molecule has 0 unspecified atom stereocenters. The van der Waals surface area contributed by atoms with Crippen molar-refractivity contribution in [1.82, 2.24) is 30.5 Å². The fourth-order valence-electron chi connectivity index (χ4n) is 4.66. The van der Waals surface area contributed by atoms with E-state index in [4.69, 9.17) is 0 Å². The van der Waals surface area contributed by atoms with E-state index < -0.39 is 81.6 Å². The molecule has 0 aromatic rings. The summed E-state index contributed by atoms with van der Waals surface area (Å²) in [7, 11) is -2.10. The van der Waals surface area contributed by atoms with Crippen molar-refractivity contribution in [3.8, 4) is 0 Å². The molecule has 1 rings (SSSR count). The van der Waals surface area contributed by atoms with Gasteiger partial charge in [0, 0.05) is 39.1 Å². The molecular formula is C29H54F2N6O6S. The standard InChI is InChI=1S/C29H54F2N6O6S/c1-18(2)13-14-32-24(38)19(16-22(30)31)33-25(39)20-12-11-15-37(20)26(40)23(29(6,7)8)35-27(41)34-21(28(3,4)5)17-36(9)44(10,42)43/h18-23H,11-17H2,1-10H3,(H,32,38)(H,33,39)(H2,34,35,41)/t19-,20-,21+,23+/m0/s1. The molecule has 1 saturated heterocycles. The lowest BCUT2D eigenvalue weighted by Crippen LogP contribution is -2.62. The van der Waals surface area contributed by atoms with Crippen molar-refractivity contribution in [2.45, 2.75) is 112 Å². The van der Waals surface area contributed by atoms with Gasteiger partial charge in [0.15, 0.2) is 0 Å². The zero-order chi connectivity index (χ0) is 34.2. The molecule has 0 aromatic carbocycles. The summed E-state index contributed by atoms with van der Waals surface area (Å²) in [5.41, 5.74) is -1.33. The third kappa shape index (κ3) is 12.8. The second-order valence-corrected chi connectivity index (χ2v) is 16.3. The molecule has 0 aromatic heterocycles. The Labute approximate surface area is 261 Å². The van der Waals surface area contributed by atoms with Gasteiger partial charge in [-0.15, -0.1) is 0 Å². The average Bonchev–Trinajstić information content (AvgIpc) is 3.34. The Kier molecular flexibility index (Phi) is 14.5. The molecule has 12 nitrogen and oxygen atoms in total. The highest BCUT2D eigenvalue weighted by Gasteiger charge is 2.43. The maximum Gasteiger partial charge on any atom is 0.315 e. The van der Waals surface area contributed by atoms with Crippen LogP contribution >= 0.6 is 0 Å². The molecule has 256 valence electrons. The van der Waals surface area contributed by atoms with Crippen LogP contribution in [-0.4, -0.2) is 105 Å². The number of hydrogen-bond donors (Lipinski definition) is 4. The minimum Gasteiger partial charge on any atom is -0.354 e. The van der Waals surface area contributed by atoms with E-state index >= 15 is 0 Å². The summed E-state index contributed by atoms with van der Waals surface area (Å²) in [5.74, 6) is -1.67. The number of likely N-dealkylation sites (tertiary alicyclic amines) is 1. The summed E-state index contributed by atoms with van der Waals surface area (Å²) in [6.07, 6.45) is -1.25. The summed E-state index contributed by atoms with van der Waals surface area (Å²) < 4.78 is 51.7. The number of amides is 5. The van der Waals surface area contributed by atoms with Gasteiger partial charge in [-0.2, -0.15) is 0 Å². The Morgan fingerprint density at radius 3 is 2.05 bits per heavy atom. The van der Waals surface area contributed by atoms with E-state index in [1.54, 1.807) is 20.8 Å². The molecule has 1 heterocycles. The Bertz CT molecular complexity index is 1110. The van der Waals surface area contributed by atoms with Crippen LogP contribution in [0.25, 0.3) is 0 Å². The molecule has 0 aliphatic carbocycles. The van der Waals surface area contributed by atoms with Crippen molar-refractivity contribution >= 4 is 33.8 Å². The predicted molar refractivity (Wildman–Crippen MR) is 165 cm³/mol. The Hall–Kier alpha value is -2.55. The highest BCUT2D eigenvalue weighted by atomic mass is 32.2. The van der Waals surface area contributed by atoms with Gasteiger partial charge in [-0.1, -0.05) is 55.4 Å². The average molecular weight is 653 g/mol. The number of alkyl halides is 2. The third-order valence-electron chi connectivity index (χ3n) is 7.65. The molecule has 4 atom stereocenters. The molecular weight excluding hydrogens is 598 g/mol. The van der Waals surface area contributed by atoms with E-state index in [1.807, 2.05) is 34.6 Å². The van der Waals surface area contributed by atoms with Gasteiger partial charge in [-0.3, -0.25) is 14.4 Å². The first kappa shape index (κ1) is 39.5. The van der Waals surface area contributed by atoms with Crippen molar-refractivity contribution in [3.63, 3.8) is 0 Å². The summed E-state index contributed by atoms with van der Waals surface area (Å²) in [5, 5.41) is 10.5. The zero-order valence-corrected chi connectivity index (χ0v) is 28.7. The van der Waals surface area contributed by atoms with E-state index in [1.165, 1.54) is 11.9 Å². The van der Waals surface area contributed by atoms with E-state index in [0.29, 0.717) is 12.8 Å².